The lowest BCUT2D eigenvalue weighted by atomic mass is 10.2. The number of rotatable bonds is 7. The van der Waals surface area contributed by atoms with Crippen molar-refractivity contribution >= 4 is 39.1 Å². The van der Waals surface area contributed by atoms with Gasteiger partial charge in [-0.05, 0) is 12.8 Å². The van der Waals surface area contributed by atoms with Gasteiger partial charge in [0.25, 0.3) is 0 Å². The quantitative estimate of drug-likeness (QED) is 0.735. The van der Waals surface area contributed by atoms with Crippen molar-refractivity contribution in [2.75, 3.05) is 23.7 Å². The van der Waals surface area contributed by atoms with E-state index in [0.29, 0.717) is 29.9 Å². The number of anilines is 3. The van der Waals surface area contributed by atoms with Gasteiger partial charge in [0.05, 0.1) is 18.1 Å². The first-order chi connectivity index (χ1) is 12.4. The molecule has 140 valence electrons. The normalized spacial score (nSPS) is 18.0. The molecule has 2 aromatic heterocycles. The molecule has 0 spiro atoms. The van der Waals surface area contributed by atoms with Crippen LogP contribution in [0.2, 0.25) is 5.02 Å². The van der Waals surface area contributed by atoms with Crippen LogP contribution in [0.25, 0.3) is 0 Å². The van der Waals surface area contributed by atoms with E-state index in [4.69, 9.17) is 11.6 Å². The maximum atomic E-state index is 12.1. The largest absolute Gasteiger partial charge is 0.367 e. The molecule has 1 fully saturated rings. The third-order valence-corrected chi connectivity index (χ3v) is 5.90. The van der Waals surface area contributed by atoms with E-state index >= 15 is 0 Å². The molecule has 0 amide bonds. The molecule has 0 saturated carbocycles. The van der Waals surface area contributed by atoms with Crippen LogP contribution < -0.4 is 10.6 Å². The molecule has 3 heterocycles. The lowest BCUT2D eigenvalue weighted by Crippen LogP contribution is -2.38. The second kappa shape index (κ2) is 7.60. The van der Waals surface area contributed by atoms with Crippen LogP contribution in [0.3, 0.4) is 0 Å². The van der Waals surface area contributed by atoms with E-state index < -0.39 is 10.0 Å². The first-order valence-electron chi connectivity index (χ1n) is 8.05. The van der Waals surface area contributed by atoms with E-state index in [1.165, 1.54) is 10.5 Å². The van der Waals surface area contributed by atoms with Gasteiger partial charge in [0.1, 0.15) is 5.02 Å². The summed E-state index contributed by atoms with van der Waals surface area (Å²) in [7, 11) is -1.63. The number of nitrogens with zero attached hydrogens (tertiary/aromatic N) is 5. The summed E-state index contributed by atoms with van der Waals surface area (Å²) in [5, 5.41) is 11.6. The van der Waals surface area contributed by atoms with Gasteiger partial charge in [-0.1, -0.05) is 18.2 Å². The van der Waals surface area contributed by atoms with Crippen molar-refractivity contribution in [3.63, 3.8) is 0 Å². The first kappa shape index (κ1) is 18.6. The summed E-state index contributed by atoms with van der Waals surface area (Å²) in [4.78, 5) is 8.49. The summed E-state index contributed by atoms with van der Waals surface area (Å²) in [5.74, 6) is 0.808. The van der Waals surface area contributed by atoms with Crippen LogP contribution in [-0.4, -0.2) is 51.6 Å². The maximum absolute atomic E-state index is 12.1. The van der Waals surface area contributed by atoms with Gasteiger partial charge < -0.3 is 10.6 Å². The van der Waals surface area contributed by atoms with Crippen LogP contribution in [0.15, 0.2) is 30.6 Å². The molecule has 2 aromatic rings. The molecule has 0 radical (unpaired) electrons. The highest BCUT2D eigenvalue weighted by Crippen LogP contribution is 2.25. The standard InChI is InChI=1S/C15H20ClN7O2S/c1-3-26(24,25)23-6-4-5-12(23)8-17-14-13(16)9-18-15(21-14)20-11-7-19-22(2)10-11/h3,7,9-10,12H,1,4-6,8H2,2H3,(H2,17,18,20,21)/t12-/m1/s1. The molecule has 0 unspecified atom stereocenters. The molecule has 1 aliphatic heterocycles. The SMILES string of the molecule is C=CS(=O)(=O)N1CCC[C@@H]1CNc1nc(Nc2cnn(C)c2)ncc1Cl. The highest BCUT2D eigenvalue weighted by Gasteiger charge is 2.32. The van der Waals surface area contributed by atoms with Gasteiger partial charge in [-0.2, -0.15) is 14.4 Å². The average molecular weight is 398 g/mol. The third kappa shape index (κ3) is 4.14. The Hall–Kier alpha value is -2.17. The minimum atomic E-state index is -3.44. The van der Waals surface area contributed by atoms with Crippen LogP contribution in [-0.2, 0) is 17.1 Å². The average Bonchev–Trinajstić information content (AvgIpc) is 3.24. The first-order valence-corrected chi connectivity index (χ1v) is 9.93. The molecule has 0 aromatic carbocycles. The van der Waals surface area contributed by atoms with Gasteiger partial charge in [0.2, 0.25) is 16.0 Å². The van der Waals surface area contributed by atoms with Crippen LogP contribution in [0, 0.1) is 0 Å². The smallest absolute Gasteiger partial charge is 0.235 e. The molecule has 9 nitrogen and oxygen atoms in total. The van der Waals surface area contributed by atoms with Crippen LogP contribution in [0.5, 0.6) is 0 Å². The van der Waals surface area contributed by atoms with Crippen LogP contribution in [0.1, 0.15) is 12.8 Å². The molecule has 3 rings (SSSR count). The Balaban J connectivity index is 1.69. The van der Waals surface area contributed by atoms with Crippen molar-refractivity contribution in [1.29, 1.82) is 0 Å². The summed E-state index contributed by atoms with van der Waals surface area (Å²) in [6, 6.07) is -0.168. The number of sulfonamides is 1. The number of aryl methyl sites for hydroxylation is 1. The van der Waals surface area contributed by atoms with Crippen LogP contribution in [0.4, 0.5) is 17.5 Å². The third-order valence-electron chi connectivity index (χ3n) is 4.07. The van der Waals surface area contributed by atoms with Crippen molar-refractivity contribution in [2.24, 2.45) is 7.05 Å². The summed E-state index contributed by atoms with van der Waals surface area (Å²) in [5.41, 5.74) is 0.750. The number of hydrogen-bond donors (Lipinski definition) is 2. The van der Waals surface area contributed by atoms with E-state index in [0.717, 1.165) is 23.9 Å². The predicted octanol–water partition coefficient (Wildman–Crippen LogP) is 1.96. The fourth-order valence-corrected chi connectivity index (χ4v) is 4.15. The lowest BCUT2D eigenvalue weighted by molar-refractivity contribution is 0.404. The number of halogens is 1. The van der Waals surface area contributed by atoms with Crippen molar-refractivity contribution in [1.82, 2.24) is 24.1 Å². The summed E-state index contributed by atoms with van der Waals surface area (Å²) >= 11 is 6.16. The van der Waals surface area contributed by atoms with E-state index in [1.807, 2.05) is 7.05 Å². The van der Waals surface area contributed by atoms with Crippen molar-refractivity contribution in [3.05, 3.63) is 35.6 Å². The molecule has 11 heteroatoms. The molecular formula is C15H20ClN7O2S. The molecule has 2 N–H and O–H groups in total. The van der Waals surface area contributed by atoms with E-state index in [2.05, 4.69) is 32.3 Å². The molecule has 1 atom stereocenters. The topological polar surface area (TPSA) is 105 Å². The van der Waals surface area contributed by atoms with Gasteiger partial charge in [-0.15, -0.1) is 0 Å². The number of nitrogens with one attached hydrogen (secondary N) is 2. The zero-order chi connectivity index (χ0) is 18.7. The second-order valence-electron chi connectivity index (χ2n) is 5.92. The Morgan fingerprint density at radius 2 is 2.27 bits per heavy atom. The van der Waals surface area contributed by atoms with Gasteiger partial charge in [0.15, 0.2) is 5.82 Å². The molecule has 0 aliphatic carbocycles. The van der Waals surface area contributed by atoms with Gasteiger partial charge in [0, 0.05) is 37.8 Å². The molecule has 1 aliphatic rings. The fourth-order valence-electron chi connectivity index (χ4n) is 2.82. The van der Waals surface area contributed by atoms with E-state index in [9.17, 15) is 8.42 Å². The van der Waals surface area contributed by atoms with Gasteiger partial charge in [-0.3, -0.25) is 4.68 Å². The zero-order valence-electron chi connectivity index (χ0n) is 14.3. The highest BCUT2D eigenvalue weighted by atomic mass is 35.5. The molecule has 26 heavy (non-hydrogen) atoms. The minimum Gasteiger partial charge on any atom is -0.367 e. The van der Waals surface area contributed by atoms with E-state index in [1.54, 1.807) is 17.1 Å². The molecule has 0 bridgehead atoms. The van der Waals surface area contributed by atoms with Gasteiger partial charge in [-0.25, -0.2) is 13.4 Å². The fraction of sp³-hybridized carbons (Fsp3) is 0.400. The maximum Gasteiger partial charge on any atom is 0.235 e. The second-order valence-corrected chi connectivity index (χ2v) is 8.16. The summed E-state index contributed by atoms with van der Waals surface area (Å²) in [6.07, 6.45) is 6.51. The number of hydrogen-bond acceptors (Lipinski definition) is 7. The Morgan fingerprint density at radius 1 is 1.46 bits per heavy atom. The molecule has 1 saturated heterocycles. The van der Waals surface area contributed by atoms with E-state index in [-0.39, 0.29) is 6.04 Å². The van der Waals surface area contributed by atoms with Crippen molar-refractivity contribution in [3.8, 4) is 0 Å². The molecular weight excluding hydrogens is 378 g/mol. The summed E-state index contributed by atoms with van der Waals surface area (Å²) in [6.45, 7) is 4.28. The minimum absolute atomic E-state index is 0.168. The Bertz CT molecular complexity index is 899. The lowest BCUT2D eigenvalue weighted by Gasteiger charge is -2.23. The predicted molar refractivity (Wildman–Crippen MR) is 101 cm³/mol. The van der Waals surface area contributed by atoms with Gasteiger partial charge >= 0.3 is 0 Å². The zero-order valence-corrected chi connectivity index (χ0v) is 15.8. The number of aromatic nitrogens is 4. The summed E-state index contributed by atoms with van der Waals surface area (Å²) < 4.78 is 27.2. The van der Waals surface area contributed by atoms with Crippen LogP contribution >= 0.6 is 11.6 Å². The Morgan fingerprint density at radius 3 is 2.96 bits per heavy atom. The highest BCUT2D eigenvalue weighted by molar-refractivity contribution is 7.92. The Kier molecular flexibility index (Phi) is 5.44. The van der Waals surface area contributed by atoms with Crippen molar-refractivity contribution < 1.29 is 8.42 Å². The Labute approximate surface area is 157 Å². The monoisotopic (exact) mass is 397 g/mol. The van der Waals surface area contributed by atoms with Crippen molar-refractivity contribution in [2.45, 2.75) is 18.9 Å².